The van der Waals surface area contributed by atoms with Gasteiger partial charge in [-0.15, -0.1) is 10.2 Å². The molecule has 1 amide bonds. The first-order valence-corrected chi connectivity index (χ1v) is 7.94. The maximum Gasteiger partial charge on any atom is 0.255 e. The number of ether oxygens (including phenoxy) is 1. The van der Waals surface area contributed by atoms with Gasteiger partial charge in [0, 0.05) is 30.4 Å². The minimum Gasteiger partial charge on any atom is -0.423 e. The van der Waals surface area contributed by atoms with Crippen LogP contribution in [-0.2, 0) is 4.74 Å². The zero-order valence-corrected chi connectivity index (χ0v) is 13.6. The Morgan fingerprint density at radius 2 is 2.16 bits per heavy atom. The number of amides is 1. The van der Waals surface area contributed by atoms with Crippen molar-refractivity contribution in [1.82, 2.24) is 20.1 Å². The van der Waals surface area contributed by atoms with Crippen LogP contribution in [0.25, 0.3) is 10.9 Å². The maximum atomic E-state index is 13.2. The van der Waals surface area contributed by atoms with Crippen LogP contribution >= 0.6 is 0 Å². The zero-order chi connectivity index (χ0) is 17.4. The van der Waals surface area contributed by atoms with Gasteiger partial charge in [0.2, 0.25) is 17.3 Å². The molecule has 1 aromatic carbocycles. The molecular weight excluding hydrogens is 324 g/mol. The lowest BCUT2D eigenvalue weighted by atomic mass is 10.1. The lowest BCUT2D eigenvalue weighted by Gasteiger charge is -2.33. The number of H-pyrrole nitrogens is 1. The Morgan fingerprint density at radius 3 is 2.96 bits per heavy atom. The topological polar surface area (TPSA) is 101 Å². The van der Waals surface area contributed by atoms with Gasteiger partial charge in [-0.3, -0.25) is 9.59 Å². The first-order valence-electron chi connectivity index (χ1n) is 7.94. The molecule has 128 valence electrons. The Hall–Kier alpha value is -3.00. The fraction of sp³-hybridized carbons (Fsp3) is 0.294. The Labute approximate surface area is 142 Å². The number of hydrogen-bond acceptors (Lipinski definition) is 6. The highest BCUT2D eigenvalue weighted by Crippen LogP contribution is 2.26. The smallest absolute Gasteiger partial charge is 0.255 e. The molecule has 0 bridgehead atoms. The molecule has 1 unspecified atom stereocenters. The molecule has 0 saturated carbocycles. The number of nitrogens with one attached hydrogen (secondary N) is 1. The van der Waals surface area contributed by atoms with E-state index in [9.17, 15) is 9.59 Å². The summed E-state index contributed by atoms with van der Waals surface area (Å²) in [5, 5.41) is 8.54. The Bertz CT molecular complexity index is 993. The summed E-state index contributed by atoms with van der Waals surface area (Å²) in [5.41, 5.74) is 0.653. The normalized spacial score (nSPS) is 17.8. The number of aromatic nitrogens is 3. The van der Waals surface area contributed by atoms with Crippen LogP contribution in [0.3, 0.4) is 0 Å². The summed E-state index contributed by atoms with van der Waals surface area (Å²) in [5.74, 6) is 0.501. The molecule has 1 aliphatic heterocycles. The van der Waals surface area contributed by atoms with Gasteiger partial charge < -0.3 is 19.0 Å². The summed E-state index contributed by atoms with van der Waals surface area (Å²) in [6.45, 7) is 2.76. The molecule has 1 atom stereocenters. The van der Waals surface area contributed by atoms with Crippen LogP contribution in [-0.4, -0.2) is 45.7 Å². The van der Waals surface area contributed by atoms with Crippen LogP contribution in [0.2, 0.25) is 0 Å². The number of nitrogens with zero attached hydrogens (tertiary/aromatic N) is 3. The molecule has 0 aliphatic carbocycles. The average molecular weight is 340 g/mol. The molecule has 2 aromatic heterocycles. The third kappa shape index (κ3) is 2.80. The number of para-hydroxylation sites is 1. The van der Waals surface area contributed by atoms with Crippen molar-refractivity contribution < 1.29 is 13.9 Å². The predicted octanol–water partition coefficient (Wildman–Crippen LogP) is 1.43. The number of rotatable bonds is 2. The van der Waals surface area contributed by atoms with E-state index in [1.807, 2.05) is 18.2 Å². The van der Waals surface area contributed by atoms with Crippen molar-refractivity contribution >= 4 is 16.8 Å². The molecule has 0 radical (unpaired) electrons. The van der Waals surface area contributed by atoms with Crippen molar-refractivity contribution in [3.05, 3.63) is 58.0 Å². The number of fused-ring (bicyclic) bond motifs is 1. The molecule has 4 rings (SSSR count). The molecule has 1 fully saturated rings. The Balaban J connectivity index is 1.78. The quantitative estimate of drug-likeness (QED) is 0.757. The fourth-order valence-electron chi connectivity index (χ4n) is 3.03. The van der Waals surface area contributed by atoms with Crippen LogP contribution in [0.5, 0.6) is 0 Å². The molecule has 0 spiro atoms. The Morgan fingerprint density at radius 1 is 1.32 bits per heavy atom. The Kier molecular flexibility index (Phi) is 3.81. The summed E-state index contributed by atoms with van der Waals surface area (Å²) >= 11 is 0. The zero-order valence-electron chi connectivity index (χ0n) is 13.6. The van der Waals surface area contributed by atoms with Crippen LogP contribution in [0.4, 0.5) is 0 Å². The second-order valence-electron chi connectivity index (χ2n) is 5.84. The molecule has 1 N–H and O–H groups in total. The van der Waals surface area contributed by atoms with E-state index in [-0.39, 0.29) is 18.1 Å². The van der Waals surface area contributed by atoms with E-state index in [0.717, 1.165) is 0 Å². The van der Waals surface area contributed by atoms with Crippen LogP contribution < -0.4 is 5.56 Å². The van der Waals surface area contributed by atoms with Gasteiger partial charge in [-0.2, -0.15) is 0 Å². The first-order chi connectivity index (χ1) is 12.1. The number of hydrogen-bond donors (Lipinski definition) is 1. The maximum absolute atomic E-state index is 13.2. The summed E-state index contributed by atoms with van der Waals surface area (Å²) in [6.07, 6.45) is 0. The van der Waals surface area contributed by atoms with Gasteiger partial charge >= 0.3 is 0 Å². The lowest BCUT2D eigenvalue weighted by Crippen LogP contribution is -2.43. The van der Waals surface area contributed by atoms with Crippen molar-refractivity contribution in [2.24, 2.45) is 0 Å². The summed E-state index contributed by atoms with van der Waals surface area (Å²) < 4.78 is 11.0. The number of carbonyl (C=O) groups excluding carboxylic acids is 1. The number of aryl methyl sites for hydroxylation is 1. The molecule has 3 heterocycles. The number of morpholine rings is 1. The second kappa shape index (κ2) is 6.14. The standard InChI is InChI=1S/C17H16N4O4/c1-10-19-20-16(25-10)14-9-24-7-6-21(14)17(23)12-8-15(22)18-13-5-3-2-4-11(12)13/h2-5,8,14H,6-7,9H2,1H3,(H,18,22). The minimum absolute atomic E-state index is 0.258. The molecule has 25 heavy (non-hydrogen) atoms. The van der Waals surface area contributed by atoms with E-state index in [2.05, 4.69) is 15.2 Å². The highest BCUT2D eigenvalue weighted by molar-refractivity contribution is 6.06. The van der Waals surface area contributed by atoms with Crippen molar-refractivity contribution in [3.8, 4) is 0 Å². The van der Waals surface area contributed by atoms with E-state index >= 15 is 0 Å². The van der Waals surface area contributed by atoms with Crippen molar-refractivity contribution in [1.29, 1.82) is 0 Å². The monoisotopic (exact) mass is 340 g/mol. The highest BCUT2D eigenvalue weighted by Gasteiger charge is 2.33. The largest absolute Gasteiger partial charge is 0.423 e. The average Bonchev–Trinajstić information content (AvgIpc) is 3.06. The predicted molar refractivity (Wildman–Crippen MR) is 88.2 cm³/mol. The highest BCUT2D eigenvalue weighted by atomic mass is 16.5. The molecular formula is C17H16N4O4. The van der Waals surface area contributed by atoms with E-state index in [1.165, 1.54) is 6.07 Å². The molecule has 1 saturated heterocycles. The second-order valence-corrected chi connectivity index (χ2v) is 5.84. The van der Waals surface area contributed by atoms with Crippen LogP contribution in [0.1, 0.15) is 28.2 Å². The third-order valence-electron chi connectivity index (χ3n) is 4.20. The molecule has 1 aliphatic rings. The van der Waals surface area contributed by atoms with E-state index < -0.39 is 6.04 Å². The fourth-order valence-corrected chi connectivity index (χ4v) is 3.03. The van der Waals surface area contributed by atoms with E-state index in [4.69, 9.17) is 9.15 Å². The van der Waals surface area contributed by atoms with Gasteiger partial charge in [-0.25, -0.2) is 0 Å². The van der Waals surface area contributed by atoms with E-state index in [0.29, 0.717) is 41.4 Å². The van der Waals surface area contributed by atoms with Crippen molar-refractivity contribution in [3.63, 3.8) is 0 Å². The molecule has 8 heteroatoms. The summed E-state index contributed by atoms with van der Waals surface area (Å²) in [7, 11) is 0. The minimum atomic E-state index is -0.472. The molecule has 8 nitrogen and oxygen atoms in total. The summed E-state index contributed by atoms with van der Waals surface area (Å²) in [4.78, 5) is 29.5. The van der Waals surface area contributed by atoms with Gasteiger partial charge in [-0.05, 0) is 6.07 Å². The molecule has 3 aromatic rings. The number of benzene rings is 1. The lowest BCUT2D eigenvalue weighted by molar-refractivity contribution is -0.0105. The SMILES string of the molecule is Cc1nnc(C2COCCN2C(=O)c2cc(=O)[nH]c3ccccc23)o1. The van der Waals surface area contributed by atoms with Gasteiger partial charge in [0.15, 0.2) is 0 Å². The van der Waals surface area contributed by atoms with Crippen LogP contribution in [0.15, 0.2) is 39.5 Å². The van der Waals surface area contributed by atoms with Gasteiger partial charge in [0.05, 0.1) is 18.8 Å². The third-order valence-corrected chi connectivity index (χ3v) is 4.20. The van der Waals surface area contributed by atoms with Crippen molar-refractivity contribution in [2.75, 3.05) is 19.8 Å². The number of pyridine rings is 1. The number of aromatic amines is 1. The van der Waals surface area contributed by atoms with Gasteiger partial charge in [0.1, 0.15) is 6.04 Å². The van der Waals surface area contributed by atoms with Gasteiger partial charge in [0.25, 0.3) is 5.91 Å². The van der Waals surface area contributed by atoms with Gasteiger partial charge in [-0.1, -0.05) is 18.2 Å². The first kappa shape index (κ1) is 15.5. The summed E-state index contributed by atoms with van der Waals surface area (Å²) in [6, 6.07) is 8.08. The van der Waals surface area contributed by atoms with Crippen LogP contribution in [0, 0.1) is 6.92 Å². The van der Waals surface area contributed by atoms with E-state index in [1.54, 1.807) is 17.9 Å². The van der Waals surface area contributed by atoms with Crippen molar-refractivity contribution in [2.45, 2.75) is 13.0 Å². The number of carbonyl (C=O) groups is 1.